The zero-order valence-electron chi connectivity index (χ0n) is 14.7. The predicted octanol–water partition coefficient (Wildman–Crippen LogP) is 1.12. The van der Waals surface area contributed by atoms with Crippen molar-refractivity contribution in [1.82, 2.24) is 10.2 Å². The fourth-order valence-corrected chi connectivity index (χ4v) is 3.08. The van der Waals surface area contributed by atoms with Crippen molar-refractivity contribution in [3.8, 4) is 5.75 Å². The molecule has 25 heavy (non-hydrogen) atoms. The molecule has 0 aromatic heterocycles. The van der Waals surface area contributed by atoms with Gasteiger partial charge in [0.25, 0.3) is 0 Å². The number of carboxylic acids is 1. The van der Waals surface area contributed by atoms with Crippen LogP contribution in [0.5, 0.6) is 5.75 Å². The van der Waals surface area contributed by atoms with Crippen LogP contribution in [-0.2, 0) is 20.9 Å². The third-order valence-corrected chi connectivity index (χ3v) is 4.54. The molecule has 1 fully saturated rings. The second-order valence-corrected chi connectivity index (χ2v) is 6.14. The van der Waals surface area contributed by atoms with Gasteiger partial charge < -0.3 is 19.9 Å². The van der Waals surface area contributed by atoms with Crippen LogP contribution < -0.4 is 10.1 Å². The Morgan fingerprint density at radius 3 is 2.60 bits per heavy atom. The van der Waals surface area contributed by atoms with Crippen LogP contribution in [0.25, 0.3) is 0 Å². The fourth-order valence-electron chi connectivity index (χ4n) is 3.08. The second kappa shape index (κ2) is 9.39. The number of rotatable bonds is 8. The first-order valence-electron chi connectivity index (χ1n) is 8.44. The van der Waals surface area contributed by atoms with Crippen LogP contribution in [0.3, 0.4) is 0 Å². The summed E-state index contributed by atoms with van der Waals surface area (Å²) in [5.74, 6) is -0.248. The Bertz CT molecular complexity index is 575. The number of carbonyl (C=O) groups excluding carboxylic acids is 1. The van der Waals surface area contributed by atoms with Crippen LogP contribution in [0.15, 0.2) is 24.3 Å². The Morgan fingerprint density at radius 2 is 2.00 bits per heavy atom. The van der Waals surface area contributed by atoms with Gasteiger partial charge in [-0.1, -0.05) is 12.1 Å². The number of benzene rings is 1. The smallest absolute Gasteiger partial charge is 0.320 e. The maximum Gasteiger partial charge on any atom is 0.320 e. The van der Waals surface area contributed by atoms with Gasteiger partial charge in [0.15, 0.2) is 0 Å². The van der Waals surface area contributed by atoms with Crippen molar-refractivity contribution in [2.75, 3.05) is 33.9 Å². The van der Waals surface area contributed by atoms with Crippen LogP contribution >= 0.6 is 0 Å². The predicted molar refractivity (Wildman–Crippen MR) is 92.4 cm³/mol. The Morgan fingerprint density at radius 1 is 1.28 bits per heavy atom. The Hall–Kier alpha value is -2.12. The molecule has 7 nitrogen and oxygen atoms in total. The van der Waals surface area contributed by atoms with E-state index in [0.717, 1.165) is 11.3 Å². The van der Waals surface area contributed by atoms with E-state index in [0.29, 0.717) is 39.1 Å². The summed E-state index contributed by atoms with van der Waals surface area (Å²) < 4.78 is 10.8. The summed E-state index contributed by atoms with van der Waals surface area (Å²) in [6.07, 6.45) is 1.08. The maximum atomic E-state index is 11.8. The summed E-state index contributed by atoms with van der Waals surface area (Å²) in [5.41, 5.74) is 1.03. The van der Waals surface area contributed by atoms with E-state index in [1.807, 2.05) is 29.2 Å². The number of carbonyl (C=O) groups is 2. The third-order valence-electron chi connectivity index (χ3n) is 4.54. The topological polar surface area (TPSA) is 88.1 Å². The lowest BCUT2D eigenvalue weighted by Crippen LogP contribution is -2.51. The van der Waals surface area contributed by atoms with E-state index in [4.69, 9.17) is 9.47 Å². The molecule has 0 aliphatic carbocycles. The number of ether oxygens (including phenoxy) is 2. The summed E-state index contributed by atoms with van der Waals surface area (Å²) >= 11 is 0. The molecule has 1 aliphatic rings. The average Bonchev–Trinajstić information content (AvgIpc) is 2.64. The average molecular weight is 350 g/mol. The highest BCUT2D eigenvalue weighted by molar-refractivity contribution is 5.79. The van der Waals surface area contributed by atoms with E-state index in [1.54, 1.807) is 14.2 Å². The number of nitrogens with zero attached hydrogens (tertiary/aromatic N) is 1. The molecule has 0 radical (unpaired) electrons. The molecular formula is C18H26N2O5. The Balaban J connectivity index is 1.82. The minimum atomic E-state index is -0.842. The van der Waals surface area contributed by atoms with Crippen LogP contribution in [-0.4, -0.2) is 61.8 Å². The standard InChI is InChI=1S/C18H26N2O5/c1-19-17(21)14-5-8-16(18(22)23)20(11-14)9-10-25-12-13-3-6-15(24-2)7-4-13/h3-4,6-7,14,16H,5,8-12H2,1-2H3,(H,19,21)(H,22,23)/t14-,16-/m0/s1. The molecule has 2 atom stereocenters. The van der Waals surface area contributed by atoms with Crippen LogP contribution in [0, 0.1) is 5.92 Å². The molecule has 1 aromatic rings. The fraction of sp³-hybridized carbons (Fsp3) is 0.556. The van der Waals surface area contributed by atoms with E-state index in [1.165, 1.54) is 0 Å². The largest absolute Gasteiger partial charge is 0.497 e. The number of amides is 1. The summed E-state index contributed by atoms with van der Waals surface area (Å²) in [4.78, 5) is 25.1. The molecule has 1 heterocycles. The molecule has 2 N–H and O–H groups in total. The number of aliphatic carboxylic acids is 1. The highest BCUT2D eigenvalue weighted by atomic mass is 16.5. The molecule has 7 heteroatoms. The summed E-state index contributed by atoms with van der Waals surface area (Å²) in [6, 6.07) is 7.06. The molecule has 138 valence electrons. The minimum Gasteiger partial charge on any atom is -0.497 e. The zero-order chi connectivity index (χ0) is 18.2. The Kier molecular flexibility index (Phi) is 7.21. The van der Waals surface area contributed by atoms with E-state index in [9.17, 15) is 14.7 Å². The molecule has 0 saturated carbocycles. The molecule has 1 aromatic carbocycles. The first-order chi connectivity index (χ1) is 12.0. The van der Waals surface area contributed by atoms with Crippen molar-refractivity contribution in [1.29, 1.82) is 0 Å². The summed E-state index contributed by atoms with van der Waals surface area (Å²) in [6.45, 7) is 1.80. The normalized spacial score (nSPS) is 20.9. The van der Waals surface area contributed by atoms with Gasteiger partial charge in [-0.3, -0.25) is 14.5 Å². The highest BCUT2D eigenvalue weighted by Gasteiger charge is 2.35. The number of nitrogens with one attached hydrogen (secondary N) is 1. The molecule has 0 bridgehead atoms. The van der Waals surface area contributed by atoms with Crippen LogP contribution in [0.4, 0.5) is 0 Å². The number of likely N-dealkylation sites (tertiary alicyclic amines) is 1. The number of piperidine rings is 1. The van der Waals surface area contributed by atoms with Gasteiger partial charge in [-0.2, -0.15) is 0 Å². The van der Waals surface area contributed by atoms with Gasteiger partial charge in [0.05, 0.1) is 26.2 Å². The minimum absolute atomic E-state index is 0.0343. The molecule has 1 amide bonds. The van der Waals surface area contributed by atoms with Gasteiger partial charge >= 0.3 is 5.97 Å². The van der Waals surface area contributed by atoms with Gasteiger partial charge in [0, 0.05) is 20.1 Å². The van der Waals surface area contributed by atoms with Gasteiger partial charge in [-0.05, 0) is 30.5 Å². The van der Waals surface area contributed by atoms with Crippen molar-refractivity contribution >= 4 is 11.9 Å². The molecular weight excluding hydrogens is 324 g/mol. The maximum absolute atomic E-state index is 11.8. The van der Waals surface area contributed by atoms with Crippen molar-refractivity contribution in [3.63, 3.8) is 0 Å². The third kappa shape index (κ3) is 5.44. The molecule has 0 unspecified atom stereocenters. The van der Waals surface area contributed by atoms with Crippen LogP contribution in [0.1, 0.15) is 18.4 Å². The quantitative estimate of drug-likeness (QED) is 0.683. The van der Waals surface area contributed by atoms with E-state index in [2.05, 4.69) is 5.32 Å². The van der Waals surface area contributed by atoms with Crippen molar-refractivity contribution < 1.29 is 24.2 Å². The SMILES string of the molecule is CNC(=O)[C@H]1CC[C@@H](C(=O)O)N(CCOCc2ccc(OC)cc2)C1. The van der Waals surface area contributed by atoms with Crippen molar-refractivity contribution in [2.45, 2.75) is 25.5 Å². The second-order valence-electron chi connectivity index (χ2n) is 6.14. The van der Waals surface area contributed by atoms with Crippen molar-refractivity contribution in [3.05, 3.63) is 29.8 Å². The summed E-state index contributed by atoms with van der Waals surface area (Å²) in [5, 5.41) is 12.0. The molecule has 2 rings (SSSR count). The van der Waals surface area contributed by atoms with Crippen molar-refractivity contribution in [2.24, 2.45) is 5.92 Å². The molecule has 0 spiro atoms. The van der Waals surface area contributed by atoms with Gasteiger partial charge in [-0.15, -0.1) is 0 Å². The lowest BCUT2D eigenvalue weighted by molar-refractivity contribution is -0.147. The van der Waals surface area contributed by atoms with Crippen LogP contribution in [0.2, 0.25) is 0 Å². The first kappa shape index (κ1) is 19.2. The van der Waals surface area contributed by atoms with E-state index in [-0.39, 0.29) is 11.8 Å². The summed E-state index contributed by atoms with van der Waals surface area (Å²) in [7, 11) is 3.23. The van der Waals surface area contributed by atoms with Gasteiger partial charge in [-0.25, -0.2) is 0 Å². The first-order valence-corrected chi connectivity index (χ1v) is 8.44. The molecule has 1 aliphatic heterocycles. The number of hydrogen-bond donors (Lipinski definition) is 2. The monoisotopic (exact) mass is 350 g/mol. The number of hydrogen-bond acceptors (Lipinski definition) is 5. The number of carboxylic acid groups (broad SMARTS) is 1. The van der Waals surface area contributed by atoms with Gasteiger partial charge in [0.2, 0.25) is 5.91 Å². The Labute approximate surface area is 147 Å². The van der Waals surface area contributed by atoms with E-state index < -0.39 is 12.0 Å². The zero-order valence-corrected chi connectivity index (χ0v) is 14.7. The van der Waals surface area contributed by atoms with Gasteiger partial charge in [0.1, 0.15) is 11.8 Å². The number of methoxy groups -OCH3 is 1. The molecule has 1 saturated heterocycles. The lowest BCUT2D eigenvalue weighted by Gasteiger charge is -2.36. The van der Waals surface area contributed by atoms with E-state index >= 15 is 0 Å². The lowest BCUT2D eigenvalue weighted by atomic mass is 9.92. The highest BCUT2D eigenvalue weighted by Crippen LogP contribution is 2.22.